The van der Waals surface area contributed by atoms with Crippen molar-refractivity contribution in [3.63, 3.8) is 0 Å². The van der Waals surface area contributed by atoms with Crippen molar-refractivity contribution >= 4 is 53.2 Å². The maximum absolute atomic E-state index is 13.2. The number of hydrogen-bond donors (Lipinski definition) is 0. The zero-order valence-corrected chi connectivity index (χ0v) is 46.9. The molecule has 0 heterocycles. The number of esters is 5. The van der Waals surface area contributed by atoms with Crippen molar-refractivity contribution in [3.05, 3.63) is 0 Å². The van der Waals surface area contributed by atoms with Gasteiger partial charge in [-0.2, -0.15) is 0 Å². The van der Waals surface area contributed by atoms with Crippen LogP contribution in [-0.4, -0.2) is 111 Å². The summed E-state index contributed by atoms with van der Waals surface area (Å²) in [5.74, 6) is -2.53. The molecule has 416 valence electrons. The monoisotopic (exact) mass is 1030 g/mol. The van der Waals surface area contributed by atoms with Crippen LogP contribution in [0.5, 0.6) is 0 Å². The van der Waals surface area contributed by atoms with Gasteiger partial charge in [0.1, 0.15) is 26.4 Å². The predicted molar refractivity (Wildman–Crippen MR) is 285 cm³/mol. The summed E-state index contributed by atoms with van der Waals surface area (Å²) in [7, 11) is 3.84. The number of rotatable bonds is 49. The van der Waals surface area contributed by atoms with Crippen molar-refractivity contribution in [1.29, 1.82) is 0 Å². The second kappa shape index (κ2) is 53.1. The number of nitrogens with zero attached hydrogens (tertiary/aromatic N) is 1. The van der Waals surface area contributed by atoms with Gasteiger partial charge in [-0.1, -0.05) is 188 Å². The molecule has 0 aliphatic rings. The Morgan fingerprint density at radius 1 is 0.408 bits per heavy atom. The molecule has 0 aliphatic heterocycles. The third kappa shape index (κ3) is 51.5. The average molecular weight is 1030 g/mol. The Hall–Kier alpha value is -3.20. The fourth-order valence-electron chi connectivity index (χ4n) is 7.43. The molecule has 2 unspecified atom stereocenters. The van der Waals surface area contributed by atoms with E-state index >= 15 is 0 Å². The third-order valence-corrected chi connectivity index (χ3v) is 13.0. The summed E-state index contributed by atoms with van der Waals surface area (Å²) < 4.78 is 32.2. The van der Waals surface area contributed by atoms with Gasteiger partial charge in [0.25, 0.3) is 6.47 Å². The lowest BCUT2D eigenvalue weighted by atomic mass is 10.1. The molecule has 0 saturated carbocycles. The van der Waals surface area contributed by atoms with Gasteiger partial charge < -0.3 is 33.3 Å². The molecule has 0 fully saturated rings. The lowest BCUT2D eigenvalue weighted by molar-refractivity contribution is -0.167. The zero-order valence-electron chi connectivity index (χ0n) is 46.0. The van der Waals surface area contributed by atoms with Gasteiger partial charge in [-0.25, -0.2) is 0 Å². The molecule has 0 N–H and O–H groups in total. The van der Waals surface area contributed by atoms with E-state index in [1.165, 1.54) is 44.9 Å². The Morgan fingerprint density at radius 3 is 1.06 bits per heavy atom. The van der Waals surface area contributed by atoms with Gasteiger partial charge >= 0.3 is 29.8 Å². The van der Waals surface area contributed by atoms with E-state index in [0.717, 1.165) is 115 Å². The van der Waals surface area contributed by atoms with Crippen LogP contribution < -0.4 is 0 Å². The van der Waals surface area contributed by atoms with Crippen LogP contribution in [0.25, 0.3) is 0 Å². The predicted octanol–water partition coefficient (Wildman–Crippen LogP) is 13.2. The highest BCUT2D eigenvalue weighted by atomic mass is 32.2. The summed E-state index contributed by atoms with van der Waals surface area (Å²) in [6.07, 6.45) is 28.0. The van der Waals surface area contributed by atoms with E-state index in [1.54, 1.807) is 0 Å². The molecule has 0 rings (SSSR count). The van der Waals surface area contributed by atoms with Gasteiger partial charge in [0.05, 0.1) is 0 Å². The number of thioether (sulfide) groups is 1. The molecule has 15 heteroatoms. The normalized spacial score (nSPS) is 11.8. The second-order valence-corrected chi connectivity index (χ2v) is 20.5. The quantitative estimate of drug-likeness (QED) is 0.0243. The van der Waals surface area contributed by atoms with Gasteiger partial charge in [-0.15, -0.1) is 0 Å². The Balaban J connectivity index is 0. The minimum atomic E-state index is -1.01. The van der Waals surface area contributed by atoms with Crippen molar-refractivity contribution < 1.29 is 62.0 Å². The first-order valence-corrected chi connectivity index (χ1v) is 29.0. The number of carbonyl (C=O) groups is 7. The van der Waals surface area contributed by atoms with E-state index in [9.17, 15) is 33.6 Å². The maximum atomic E-state index is 13.2. The van der Waals surface area contributed by atoms with Crippen LogP contribution in [0, 0.1) is 0 Å². The molecular formula is C56H103NO13S. The van der Waals surface area contributed by atoms with Crippen LogP contribution in [0.15, 0.2) is 0 Å². The fourth-order valence-corrected chi connectivity index (χ4v) is 8.53. The molecule has 0 aromatic carbocycles. The zero-order chi connectivity index (χ0) is 53.0. The van der Waals surface area contributed by atoms with Crippen LogP contribution in [0.4, 0.5) is 0 Å². The van der Waals surface area contributed by atoms with E-state index in [-0.39, 0.29) is 83.0 Å². The summed E-state index contributed by atoms with van der Waals surface area (Å²) >= 11 is 1.06. The van der Waals surface area contributed by atoms with E-state index in [1.807, 2.05) is 19.0 Å². The van der Waals surface area contributed by atoms with Crippen LogP contribution >= 0.6 is 11.8 Å². The molecule has 0 aromatic heterocycles. The van der Waals surface area contributed by atoms with Crippen LogP contribution in [-0.2, 0) is 62.0 Å². The molecule has 0 saturated heterocycles. The summed E-state index contributed by atoms with van der Waals surface area (Å²) in [5, 5.41) is -0.536. The van der Waals surface area contributed by atoms with Gasteiger partial charge in [-0.05, 0) is 59.2 Å². The lowest BCUT2D eigenvalue weighted by Crippen LogP contribution is -2.31. The molecule has 0 radical (unpaired) electrons. The molecule has 0 aromatic rings. The third-order valence-electron chi connectivity index (χ3n) is 11.8. The first kappa shape index (κ1) is 69.9. The Kier molecular flexibility index (Phi) is 52.3. The highest BCUT2D eigenvalue weighted by Crippen LogP contribution is 2.25. The smallest absolute Gasteiger partial charge is 0.306 e. The summed E-state index contributed by atoms with van der Waals surface area (Å²) in [4.78, 5) is 89.5. The lowest BCUT2D eigenvalue weighted by Gasteiger charge is -2.20. The first-order valence-electron chi connectivity index (χ1n) is 28.1. The number of unbranched alkanes of at least 4 members (excludes halogenated alkanes) is 21. The van der Waals surface area contributed by atoms with Crippen molar-refractivity contribution in [3.8, 4) is 0 Å². The molecule has 0 aliphatic carbocycles. The summed E-state index contributed by atoms with van der Waals surface area (Å²) in [6, 6.07) is 0. The number of carbonyl (C=O) groups excluding carboxylic acids is 7. The molecule has 2 atom stereocenters. The van der Waals surface area contributed by atoms with E-state index in [2.05, 4.69) is 34.6 Å². The SMILES string of the molecule is CCCCCCCCC.CCCCCCCCC(=O)OCC(COC=O)OC(=O)CCC(CCC(=O)OC(COC(=O)CCCCCCCC)COC(=O)CCCCCCCC)SC(=O)CCCN(C)C. The molecule has 14 nitrogen and oxygen atoms in total. The molecule has 71 heavy (non-hydrogen) atoms. The second-order valence-electron chi connectivity index (χ2n) is 19.1. The molecule has 0 bridgehead atoms. The maximum Gasteiger partial charge on any atom is 0.306 e. The minimum Gasteiger partial charge on any atom is -0.464 e. The summed E-state index contributed by atoms with van der Waals surface area (Å²) in [5.41, 5.74) is 0. The standard InChI is InChI=1S/C47H83NO13S.C9H20/c1-6-9-12-15-18-21-25-42(50)57-35-39(34-56-38-49)60-45(53)31-29-41(62-47(55)28-24-33-48(4)5)30-32-46(54)61-40(36-58-43(51)26-22-19-16-13-10-7-2)37-59-44(52)27-23-20-17-14-11-8-3;1-3-5-7-9-8-6-4-2/h38-41H,6-37H2,1-5H3;3-9H2,1-2H3. The van der Waals surface area contributed by atoms with Crippen LogP contribution in [0.2, 0.25) is 0 Å². The van der Waals surface area contributed by atoms with Crippen LogP contribution in [0.1, 0.15) is 253 Å². The Bertz CT molecular complexity index is 1280. The first-order chi connectivity index (χ1) is 34.3. The largest absolute Gasteiger partial charge is 0.464 e. The summed E-state index contributed by atoms with van der Waals surface area (Å²) in [6.45, 7) is 10.8. The van der Waals surface area contributed by atoms with Crippen molar-refractivity contribution in [1.82, 2.24) is 4.90 Å². The fraction of sp³-hybridized carbons (Fsp3) is 0.875. The van der Waals surface area contributed by atoms with Gasteiger partial charge in [0.2, 0.25) is 0 Å². The highest BCUT2D eigenvalue weighted by Gasteiger charge is 2.24. The molecule has 0 amide bonds. The van der Waals surface area contributed by atoms with E-state index in [0.29, 0.717) is 32.1 Å². The number of ether oxygens (including phenoxy) is 6. The van der Waals surface area contributed by atoms with Crippen molar-refractivity contribution in [2.75, 3.05) is 47.1 Å². The van der Waals surface area contributed by atoms with E-state index < -0.39 is 47.3 Å². The Morgan fingerprint density at radius 2 is 0.732 bits per heavy atom. The molecular weight excluding hydrogens is 927 g/mol. The highest BCUT2D eigenvalue weighted by molar-refractivity contribution is 8.14. The minimum absolute atomic E-state index is 0.0828. The van der Waals surface area contributed by atoms with Crippen LogP contribution in [0.3, 0.4) is 0 Å². The van der Waals surface area contributed by atoms with Crippen molar-refractivity contribution in [2.45, 2.75) is 270 Å². The van der Waals surface area contributed by atoms with Gasteiger partial charge in [0, 0.05) is 43.8 Å². The van der Waals surface area contributed by atoms with Gasteiger partial charge in [0.15, 0.2) is 17.3 Å². The van der Waals surface area contributed by atoms with Crippen molar-refractivity contribution in [2.24, 2.45) is 0 Å². The Labute approximate surface area is 436 Å². The number of hydrogen-bond acceptors (Lipinski definition) is 15. The topological polar surface area (TPSA) is 178 Å². The average Bonchev–Trinajstić information content (AvgIpc) is 3.34. The van der Waals surface area contributed by atoms with E-state index in [4.69, 9.17) is 28.4 Å². The molecule has 0 spiro atoms. The van der Waals surface area contributed by atoms with Gasteiger partial charge in [-0.3, -0.25) is 33.6 Å².